The van der Waals surface area contributed by atoms with E-state index in [2.05, 4.69) is 27.9 Å². The van der Waals surface area contributed by atoms with Crippen molar-refractivity contribution in [3.05, 3.63) is 16.1 Å². The summed E-state index contributed by atoms with van der Waals surface area (Å²) in [5.41, 5.74) is 0.591. The largest absolute Gasteiger partial charge is 0.444 e. The minimum Gasteiger partial charge on any atom is -0.444 e. The van der Waals surface area contributed by atoms with E-state index in [9.17, 15) is 4.79 Å². The molecular weight excluding hydrogens is 298 g/mol. The summed E-state index contributed by atoms with van der Waals surface area (Å²) >= 11 is 1.66. The summed E-state index contributed by atoms with van der Waals surface area (Å²) in [5, 5.41) is 9.46. The molecule has 1 heterocycles. The molecule has 1 atom stereocenters. The quantitative estimate of drug-likeness (QED) is 0.765. The smallest absolute Gasteiger partial charge is 0.407 e. The highest BCUT2D eigenvalue weighted by Crippen LogP contribution is 2.10. The first-order valence-corrected chi connectivity index (χ1v) is 8.79. The van der Waals surface area contributed by atoms with Crippen LogP contribution in [0.5, 0.6) is 0 Å². The summed E-state index contributed by atoms with van der Waals surface area (Å²) in [6, 6.07) is 0.233. The van der Waals surface area contributed by atoms with Gasteiger partial charge in [-0.2, -0.15) is 0 Å². The number of nitrogens with one attached hydrogen (secondary N) is 2. The molecule has 0 fully saturated rings. The van der Waals surface area contributed by atoms with Crippen molar-refractivity contribution in [3.63, 3.8) is 0 Å². The second-order valence-electron chi connectivity index (χ2n) is 6.49. The molecule has 0 bridgehead atoms. The molecule has 6 heteroatoms. The molecular formula is C16H29N3O2S. The monoisotopic (exact) mass is 327 g/mol. The molecule has 0 aliphatic heterocycles. The van der Waals surface area contributed by atoms with E-state index >= 15 is 0 Å². The molecule has 5 nitrogen and oxygen atoms in total. The number of alkyl carbamates (subject to hydrolysis) is 1. The number of hydrogen-bond donors (Lipinski definition) is 2. The maximum atomic E-state index is 11.7. The lowest BCUT2D eigenvalue weighted by Crippen LogP contribution is -2.42. The first-order valence-electron chi connectivity index (χ1n) is 7.91. The van der Waals surface area contributed by atoms with Gasteiger partial charge < -0.3 is 15.4 Å². The lowest BCUT2D eigenvalue weighted by Gasteiger charge is -2.22. The molecule has 0 saturated heterocycles. The molecule has 1 amide bonds. The number of amides is 1. The molecule has 1 rings (SSSR count). The lowest BCUT2D eigenvalue weighted by atomic mass is 10.1. The third-order valence-corrected chi connectivity index (χ3v) is 3.97. The van der Waals surface area contributed by atoms with E-state index in [0.717, 1.165) is 36.5 Å². The summed E-state index contributed by atoms with van der Waals surface area (Å²) in [5.74, 6) is 0. The van der Waals surface area contributed by atoms with Gasteiger partial charge in [-0.15, -0.1) is 11.3 Å². The van der Waals surface area contributed by atoms with Crippen molar-refractivity contribution in [2.45, 2.75) is 72.1 Å². The van der Waals surface area contributed by atoms with Crippen LogP contribution < -0.4 is 10.6 Å². The van der Waals surface area contributed by atoms with Crippen LogP contribution in [0.3, 0.4) is 0 Å². The van der Waals surface area contributed by atoms with Crippen molar-refractivity contribution in [3.8, 4) is 0 Å². The highest BCUT2D eigenvalue weighted by molar-refractivity contribution is 7.09. The summed E-state index contributed by atoms with van der Waals surface area (Å²) in [4.78, 5) is 16.2. The minimum atomic E-state index is -0.463. The van der Waals surface area contributed by atoms with Gasteiger partial charge in [0.25, 0.3) is 0 Å². The van der Waals surface area contributed by atoms with E-state index in [0.29, 0.717) is 6.54 Å². The molecule has 22 heavy (non-hydrogen) atoms. The second-order valence-corrected chi connectivity index (χ2v) is 7.43. The Bertz CT molecular complexity index is 454. The van der Waals surface area contributed by atoms with Crippen LogP contribution in [0, 0.1) is 6.92 Å². The van der Waals surface area contributed by atoms with E-state index in [1.807, 2.05) is 27.7 Å². The fraction of sp³-hybridized carbons (Fsp3) is 0.750. The van der Waals surface area contributed by atoms with Crippen LogP contribution in [-0.2, 0) is 11.3 Å². The predicted molar refractivity (Wildman–Crippen MR) is 91.2 cm³/mol. The Morgan fingerprint density at radius 2 is 2.18 bits per heavy atom. The van der Waals surface area contributed by atoms with Gasteiger partial charge in [-0.1, -0.05) is 19.8 Å². The van der Waals surface area contributed by atoms with Gasteiger partial charge in [-0.3, -0.25) is 0 Å². The van der Waals surface area contributed by atoms with Crippen LogP contribution in [0.25, 0.3) is 0 Å². The van der Waals surface area contributed by atoms with Crippen molar-refractivity contribution >= 4 is 17.4 Å². The summed E-state index contributed by atoms with van der Waals surface area (Å²) in [7, 11) is 0. The van der Waals surface area contributed by atoms with Crippen LogP contribution in [0.1, 0.15) is 57.7 Å². The number of unbranched alkanes of at least 4 members (excludes halogenated alkanes) is 1. The topological polar surface area (TPSA) is 63.2 Å². The Morgan fingerprint density at radius 1 is 1.45 bits per heavy atom. The zero-order valence-electron chi connectivity index (χ0n) is 14.4. The van der Waals surface area contributed by atoms with Crippen LogP contribution in [0.4, 0.5) is 4.79 Å². The van der Waals surface area contributed by atoms with Crippen molar-refractivity contribution in [1.82, 2.24) is 15.6 Å². The van der Waals surface area contributed by atoms with Crippen molar-refractivity contribution in [2.75, 3.05) is 6.54 Å². The fourth-order valence-corrected chi connectivity index (χ4v) is 2.69. The number of nitrogens with zero attached hydrogens (tertiary/aromatic N) is 1. The maximum absolute atomic E-state index is 11.7. The Morgan fingerprint density at radius 3 is 2.73 bits per heavy atom. The zero-order chi connectivity index (χ0) is 16.6. The van der Waals surface area contributed by atoms with Crippen molar-refractivity contribution < 1.29 is 9.53 Å². The number of thiazole rings is 1. The van der Waals surface area contributed by atoms with Gasteiger partial charge in [0.05, 0.1) is 0 Å². The number of aryl methyl sites for hydroxylation is 1. The van der Waals surface area contributed by atoms with E-state index in [1.165, 1.54) is 0 Å². The minimum absolute atomic E-state index is 0.233. The first kappa shape index (κ1) is 18.9. The average Bonchev–Trinajstić information content (AvgIpc) is 2.81. The average molecular weight is 327 g/mol. The fourth-order valence-electron chi connectivity index (χ4n) is 1.96. The van der Waals surface area contributed by atoms with Crippen LogP contribution >= 0.6 is 11.3 Å². The van der Waals surface area contributed by atoms with Gasteiger partial charge >= 0.3 is 6.09 Å². The number of rotatable bonds is 8. The summed E-state index contributed by atoms with van der Waals surface area (Å²) < 4.78 is 5.27. The SMILES string of the molecule is CCCCC(CNC(=O)OC(C)(C)C)NCc1nc(C)cs1. The van der Waals surface area contributed by atoms with Gasteiger partial charge in [-0.05, 0) is 34.1 Å². The van der Waals surface area contributed by atoms with E-state index in [1.54, 1.807) is 11.3 Å². The Hall–Kier alpha value is -1.14. The summed E-state index contributed by atoms with van der Waals surface area (Å²) in [6.45, 7) is 11.1. The highest BCUT2D eigenvalue weighted by atomic mass is 32.1. The number of carbonyl (C=O) groups excluding carboxylic acids is 1. The normalized spacial score (nSPS) is 13.0. The molecule has 0 aromatic carbocycles. The van der Waals surface area contributed by atoms with Crippen LogP contribution in [0.2, 0.25) is 0 Å². The van der Waals surface area contributed by atoms with Gasteiger partial charge in [0.2, 0.25) is 0 Å². The lowest BCUT2D eigenvalue weighted by molar-refractivity contribution is 0.0521. The molecule has 0 aliphatic rings. The van der Waals surface area contributed by atoms with E-state index in [-0.39, 0.29) is 12.1 Å². The van der Waals surface area contributed by atoms with Crippen LogP contribution in [0.15, 0.2) is 5.38 Å². The van der Waals surface area contributed by atoms with Crippen molar-refractivity contribution in [2.24, 2.45) is 0 Å². The van der Waals surface area contributed by atoms with Gasteiger partial charge in [0, 0.05) is 30.2 Å². The molecule has 0 spiro atoms. The summed E-state index contributed by atoms with van der Waals surface area (Å²) in [6.07, 6.45) is 2.93. The number of ether oxygens (including phenoxy) is 1. The predicted octanol–water partition coefficient (Wildman–Crippen LogP) is 3.62. The highest BCUT2D eigenvalue weighted by Gasteiger charge is 2.17. The zero-order valence-corrected chi connectivity index (χ0v) is 15.2. The molecule has 0 aliphatic carbocycles. The Kier molecular flexibility index (Phi) is 7.82. The maximum Gasteiger partial charge on any atom is 0.407 e. The standard InChI is InChI=1S/C16H29N3O2S/c1-6-7-8-13(9-18-15(20)21-16(3,4)5)17-10-14-19-12(2)11-22-14/h11,13,17H,6-10H2,1-5H3,(H,18,20). The molecule has 0 saturated carbocycles. The second kappa shape index (κ2) is 9.10. The molecule has 1 aromatic rings. The Balaban J connectivity index is 2.41. The van der Waals surface area contributed by atoms with E-state index < -0.39 is 5.60 Å². The first-order chi connectivity index (χ1) is 10.3. The van der Waals surface area contributed by atoms with Gasteiger partial charge in [0.15, 0.2) is 0 Å². The molecule has 2 N–H and O–H groups in total. The van der Waals surface area contributed by atoms with Gasteiger partial charge in [0.1, 0.15) is 10.6 Å². The molecule has 0 radical (unpaired) electrons. The molecule has 126 valence electrons. The number of carbonyl (C=O) groups is 1. The third kappa shape index (κ3) is 8.34. The third-order valence-electron chi connectivity index (χ3n) is 3.01. The number of hydrogen-bond acceptors (Lipinski definition) is 5. The molecule has 1 aromatic heterocycles. The van der Waals surface area contributed by atoms with E-state index in [4.69, 9.17) is 4.74 Å². The van der Waals surface area contributed by atoms with Crippen molar-refractivity contribution in [1.29, 1.82) is 0 Å². The van der Waals surface area contributed by atoms with Gasteiger partial charge in [-0.25, -0.2) is 9.78 Å². The Labute approximate surface area is 137 Å². The van der Waals surface area contributed by atoms with Crippen LogP contribution in [-0.4, -0.2) is 29.3 Å². The molecule has 1 unspecified atom stereocenters. The number of aromatic nitrogens is 1.